The summed E-state index contributed by atoms with van der Waals surface area (Å²) in [6.07, 6.45) is 1.31. The molecule has 0 amide bonds. The average molecular weight is 239 g/mol. The van der Waals surface area contributed by atoms with Crippen molar-refractivity contribution in [1.82, 2.24) is 4.57 Å². The molecular formula is C10H9NO4S. The molecule has 0 fully saturated rings. The highest BCUT2D eigenvalue weighted by molar-refractivity contribution is 7.07. The Morgan fingerprint density at radius 3 is 2.94 bits per heavy atom. The maximum atomic E-state index is 11.4. The lowest BCUT2D eigenvalue weighted by atomic mass is 10.2. The van der Waals surface area contributed by atoms with Crippen LogP contribution in [0.4, 0.5) is 0 Å². The van der Waals surface area contributed by atoms with Crippen molar-refractivity contribution in [3.8, 4) is 0 Å². The van der Waals surface area contributed by atoms with Gasteiger partial charge >= 0.3 is 10.8 Å². The maximum absolute atomic E-state index is 11.4. The predicted octanol–water partition coefficient (Wildman–Crippen LogP) is 1.56. The van der Waals surface area contributed by atoms with E-state index in [1.165, 1.54) is 16.9 Å². The molecule has 84 valence electrons. The summed E-state index contributed by atoms with van der Waals surface area (Å²) in [5.74, 6) is -0.763. The summed E-state index contributed by atoms with van der Waals surface area (Å²) in [4.78, 5) is 22.2. The van der Waals surface area contributed by atoms with Crippen molar-refractivity contribution in [1.29, 1.82) is 0 Å². The van der Waals surface area contributed by atoms with Crippen molar-refractivity contribution in [2.45, 2.75) is 13.5 Å². The molecule has 16 heavy (non-hydrogen) atoms. The van der Waals surface area contributed by atoms with E-state index < -0.39 is 5.97 Å². The summed E-state index contributed by atoms with van der Waals surface area (Å²) in [6, 6.07) is 1.38. The Labute approximate surface area is 94.6 Å². The van der Waals surface area contributed by atoms with Crippen LogP contribution in [0.3, 0.4) is 0 Å². The molecule has 2 aromatic rings. The van der Waals surface area contributed by atoms with Crippen molar-refractivity contribution >= 4 is 17.3 Å². The van der Waals surface area contributed by atoms with Gasteiger partial charge in [-0.15, -0.1) is 0 Å². The van der Waals surface area contributed by atoms with E-state index in [1.807, 2.05) is 0 Å². The summed E-state index contributed by atoms with van der Waals surface area (Å²) in [6.45, 7) is 1.95. The highest BCUT2D eigenvalue weighted by Crippen LogP contribution is 2.13. The smallest absolute Gasteiger partial charge is 0.339 e. The molecule has 2 rings (SSSR count). The first-order chi connectivity index (χ1) is 7.59. The Hall–Kier alpha value is -1.82. The van der Waals surface area contributed by atoms with E-state index in [4.69, 9.17) is 9.52 Å². The fourth-order valence-electron chi connectivity index (χ4n) is 1.39. The van der Waals surface area contributed by atoms with Crippen LogP contribution in [0.25, 0.3) is 0 Å². The fraction of sp³-hybridized carbons (Fsp3) is 0.200. The second kappa shape index (κ2) is 3.97. The minimum atomic E-state index is -1.05. The van der Waals surface area contributed by atoms with Gasteiger partial charge < -0.3 is 9.52 Å². The van der Waals surface area contributed by atoms with Crippen LogP contribution in [-0.2, 0) is 6.54 Å². The average Bonchev–Trinajstić information content (AvgIpc) is 2.80. The number of aromatic carboxylic acids is 1. The largest absolute Gasteiger partial charge is 0.478 e. The van der Waals surface area contributed by atoms with E-state index in [9.17, 15) is 9.59 Å². The van der Waals surface area contributed by atoms with E-state index in [-0.39, 0.29) is 22.7 Å². The Morgan fingerprint density at radius 2 is 2.38 bits per heavy atom. The van der Waals surface area contributed by atoms with E-state index in [0.717, 1.165) is 17.0 Å². The maximum Gasteiger partial charge on any atom is 0.339 e. The number of carbonyl (C=O) groups is 1. The molecule has 6 heteroatoms. The van der Waals surface area contributed by atoms with Crippen molar-refractivity contribution in [3.05, 3.63) is 44.4 Å². The minimum Gasteiger partial charge on any atom is -0.478 e. The summed E-state index contributed by atoms with van der Waals surface area (Å²) in [7, 11) is 0. The van der Waals surface area contributed by atoms with Gasteiger partial charge in [0, 0.05) is 11.1 Å². The molecule has 1 N–H and O–H groups in total. The van der Waals surface area contributed by atoms with E-state index in [2.05, 4.69) is 0 Å². The van der Waals surface area contributed by atoms with E-state index >= 15 is 0 Å². The van der Waals surface area contributed by atoms with Gasteiger partial charge in [0.1, 0.15) is 11.3 Å². The van der Waals surface area contributed by atoms with Crippen molar-refractivity contribution in [3.63, 3.8) is 0 Å². The summed E-state index contributed by atoms with van der Waals surface area (Å²) in [5.41, 5.74) is 0.889. The molecule has 0 aliphatic heterocycles. The van der Waals surface area contributed by atoms with Gasteiger partial charge in [0.2, 0.25) is 0 Å². The van der Waals surface area contributed by atoms with Crippen molar-refractivity contribution in [2.75, 3.05) is 0 Å². The minimum absolute atomic E-state index is 0.0949. The van der Waals surface area contributed by atoms with E-state index in [0.29, 0.717) is 0 Å². The molecular weight excluding hydrogens is 230 g/mol. The molecule has 2 aromatic heterocycles. The number of aryl methyl sites for hydroxylation is 1. The lowest BCUT2D eigenvalue weighted by molar-refractivity contribution is 0.0694. The monoisotopic (exact) mass is 239 g/mol. The first-order valence-electron chi connectivity index (χ1n) is 4.54. The topological polar surface area (TPSA) is 72.4 Å². The third-order valence-corrected chi connectivity index (χ3v) is 3.13. The highest BCUT2D eigenvalue weighted by atomic mass is 32.1. The third kappa shape index (κ3) is 1.79. The molecule has 2 heterocycles. The zero-order valence-electron chi connectivity index (χ0n) is 8.47. The SMILES string of the molecule is Cc1csc(=O)n1Cc1occc1C(=O)O. The Kier molecular flexibility index (Phi) is 2.66. The van der Waals surface area contributed by atoms with Crippen LogP contribution in [0.1, 0.15) is 21.8 Å². The van der Waals surface area contributed by atoms with Crippen LogP contribution in [0.15, 0.2) is 26.9 Å². The van der Waals surface area contributed by atoms with Crippen LogP contribution in [0.2, 0.25) is 0 Å². The summed E-state index contributed by atoms with van der Waals surface area (Å²) < 4.78 is 6.56. The molecule has 0 spiro atoms. The Morgan fingerprint density at radius 1 is 1.62 bits per heavy atom. The standard InChI is InChI=1S/C10H9NO4S/c1-6-5-16-10(14)11(6)4-8-7(9(12)13)2-3-15-8/h2-3,5H,4H2,1H3,(H,12,13). The number of rotatable bonds is 3. The zero-order chi connectivity index (χ0) is 11.7. The first kappa shape index (κ1) is 10.7. The number of carboxylic acid groups (broad SMARTS) is 1. The van der Waals surface area contributed by atoms with Gasteiger partial charge in [-0.25, -0.2) is 4.79 Å². The molecule has 0 aromatic carbocycles. The fourth-order valence-corrected chi connectivity index (χ4v) is 2.13. The number of hydrogen-bond acceptors (Lipinski definition) is 4. The van der Waals surface area contributed by atoms with Crippen LogP contribution >= 0.6 is 11.3 Å². The number of carboxylic acids is 1. The van der Waals surface area contributed by atoms with Gasteiger partial charge in [-0.1, -0.05) is 11.3 Å². The summed E-state index contributed by atoms with van der Waals surface area (Å²) >= 11 is 1.09. The third-order valence-electron chi connectivity index (χ3n) is 2.25. The number of furan rings is 1. The molecule has 0 saturated heterocycles. The van der Waals surface area contributed by atoms with Gasteiger partial charge in [-0.05, 0) is 13.0 Å². The first-order valence-corrected chi connectivity index (χ1v) is 5.42. The van der Waals surface area contributed by atoms with Crippen LogP contribution in [0, 0.1) is 6.92 Å². The molecule has 0 unspecified atom stereocenters. The lowest BCUT2D eigenvalue weighted by Gasteiger charge is -2.02. The zero-order valence-corrected chi connectivity index (χ0v) is 9.28. The van der Waals surface area contributed by atoms with Crippen molar-refractivity contribution in [2.24, 2.45) is 0 Å². The number of thiazole rings is 1. The van der Waals surface area contributed by atoms with Gasteiger partial charge in [-0.2, -0.15) is 0 Å². The van der Waals surface area contributed by atoms with Gasteiger partial charge in [-0.3, -0.25) is 9.36 Å². The molecule has 0 saturated carbocycles. The molecule has 0 aliphatic rings. The summed E-state index contributed by atoms with van der Waals surface area (Å²) in [5, 5.41) is 10.6. The molecule has 0 aliphatic carbocycles. The molecule has 0 radical (unpaired) electrons. The number of nitrogens with zero attached hydrogens (tertiary/aromatic N) is 1. The van der Waals surface area contributed by atoms with Gasteiger partial charge in [0.25, 0.3) is 0 Å². The second-order valence-corrected chi connectivity index (χ2v) is 4.11. The van der Waals surface area contributed by atoms with Crippen LogP contribution in [-0.4, -0.2) is 15.6 Å². The van der Waals surface area contributed by atoms with Gasteiger partial charge in [0.15, 0.2) is 0 Å². The molecule has 0 bridgehead atoms. The second-order valence-electron chi connectivity index (χ2n) is 3.29. The van der Waals surface area contributed by atoms with Crippen LogP contribution in [0.5, 0.6) is 0 Å². The van der Waals surface area contributed by atoms with Gasteiger partial charge in [0.05, 0.1) is 12.8 Å². The Balaban J connectivity index is 2.38. The highest BCUT2D eigenvalue weighted by Gasteiger charge is 2.15. The lowest BCUT2D eigenvalue weighted by Crippen LogP contribution is -2.16. The number of aromatic nitrogens is 1. The molecule has 5 nitrogen and oxygen atoms in total. The predicted molar refractivity (Wildman–Crippen MR) is 58.1 cm³/mol. The quantitative estimate of drug-likeness (QED) is 0.882. The van der Waals surface area contributed by atoms with Crippen molar-refractivity contribution < 1.29 is 14.3 Å². The molecule has 0 atom stereocenters. The van der Waals surface area contributed by atoms with Crippen LogP contribution < -0.4 is 4.87 Å². The number of hydrogen-bond donors (Lipinski definition) is 1. The van der Waals surface area contributed by atoms with E-state index in [1.54, 1.807) is 12.3 Å². The Bertz CT molecular complexity index is 578. The normalized spacial score (nSPS) is 10.6.